The van der Waals surface area contributed by atoms with Crippen molar-refractivity contribution in [2.24, 2.45) is 0 Å². The summed E-state index contributed by atoms with van der Waals surface area (Å²) in [5.74, 6) is 1.52. The number of hydrogen-bond donors (Lipinski definition) is 3. The van der Waals surface area contributed by atoms with Crippen molar-refractivity contribution >= 4 is 5.82 Å². The normalized spacial score (nSPS) is 12.2. The third kappa shape index (κ3) is 2.10. The molecular formula is C12H15N3O3. The van der Waals surface area contributed by atoms with Crippen LogP contribution >= 0.6 is 0 Å². The first-order valence-corrected chi connectivity index (χ1v) is 5.36. The number of nitrogens with zero attached hydrogens (tertiary/aromatic N) is 1. The van der Waals surface area contributed by atoms with Gasteiger partial charge in [-0.3, -0.25) is 5.10 Å². The number of methoxy groups -OCH3 is 2. The van der Waals surface area contributed by atoms with Gasteiger partial charge in [-0.25, -0.2) is 0 Å². The van der Waals surface area contributed by atoms with Gasteiger partial charge < -0.3 is 20.3 Å². The van der Waals surface area contributed by atoms with Crippen LogP contribution in [0.3, 0.4) is 0 Å². The van der Waals surface area contributed by atoms with Gasteiger partial charge in [0.05, 0.1) is 20.4 Å². The molecule has 1 unspecified atom stereocenters. The summed E-state index contributed by atoms with van der Waals surface area (Å²) in [4.78, 5) is 0. The maximum absolute atomic E-state index is 10.3. The summed E-state index contributed by atoms with van der Waals surface area (Å²) in [6.07, 6.45) is 0.591. The molecule has 0 saturated carbocycles. The molecule has 4 N–H and O–H groups in total. The van der Waals surface area contributed by atoms with E-state index in [1.807, 2.05) is 0 Å². The SMILES string of the molecule is COc1ccc(C(O)c2cn[nH]c2N)c(OC)c1. The quantitative estimate of drug-likeness (QED) is 0.754. The van der Waals surface area contributed by atoms with Gasteiger partial charge in [-0.1, -0.05) is 0 Å². The van der Waals surface area contributed by atoms with Crippen LogP contribution < -0.4 is 15.2 Å². The first kappa shape index (κ1) is 12.3. The lowest BCUT2D eigenvalue weighted by atomic mass is 10.0. The van der Waals surface area contributed by atoms with Crippen LogP contribution in [0.25, 0.3) is 0 Å². The molecule has 0 spiro atoms. The van der Waals surface area contributed by atoms with Gasteiger partial charge in [0.25, 0.3) is 0 Å². The molecular weight excluding hydrogens is 234 g/mol. The van der Waals surface area contributed by atoms with Crippen molar-refractivity contribution < 1.29 is 14.6 Å². The first-order chi connectivity index (χ1) is 8.67. The molecule has 1 heterocycles. The van der Waals surface area contributed by atoms with Gasteiger partial charge in [-0.15, -0.1) is 0 Å². The molecule has 0 aliphatic carbocycles. The van der Waals surface area contributed by atoms with Gasteiger partial charge in [0.1, 0.15) is 23.4 Å². The summed E-state index contributed by atoms with van der Waals surface area (Å²) < 4.78 is 10.3. The number of anilines is 1. The summed E-state index contributed by atoms with van der Waals surface area (Å²) >= 11 is 0. The van der Waals surface area contributed by atoms with Gasteiger partial charge in [0.15, 0.2) is 0 Å². The predicted molar refractivity (Wildman–Crippen MR) is 66.6 cm³/mol. The first-order valence-electron chi connectivity index (χ1n) is 5.36. The number of benzene rings is 1. The molecule has 6 nitrogen and oxygen atoms in total. The van der Waals surface area contributed by atoms with Crippen LogP contribution in [0.2, 0.25) is 0 Å². The number of H-pyrrole nitrogens is 1. The molecule has 0 aliphatic heterocycles. The second-order valence-electron chi connectivity index (χ2n) is 3.75. The fourth-order valence-corrected chi connectivity index (χ4v) is 1.74. The fourth-order valence-electron chi connectivity index (χ4n) is 1.74. The van der Waals surface area contributed by atoms with E-state index in [9.17, 15) is 5.11 Å². The van der Waals surface area contributed by atoms with E-state index in [1.165, 1.54) is 13.3 Å². The van der Waals surface area contributed by atoms with Gasteiger partial charge in [-0.05, 0) is 12.1 Å². The molecule has 1 atom stereocenters. The van der Waals surface area contributed by atoms with E-state index in [0.717, 1.165) is 0 Å². The van der Waals surface area contributed by atoms with Crippen molar-refractivity contribution in [3.05, 3.63) is 35.5 Å². The Labute approximate surface area is 104 Å². The van der Waals surface area contributed by atoms with E-state index in [1.54, 1.807) is 25.3 Å². The fraction of sp³-hybridized carbons (Fsp3) is 0.250. The number of aromatic nitrogens is 2. The topological polar surface area (TPSA) is 93.4 Å². The summed E-state index contributed by atoms with van der Waals surface area (Å²) in [7, 11) is 3.10. The maximum atomic E-state index is 10.3. The molecule has 2 rings (SSSR count). The zero-order valence-electron chi connectivity index (χ0n) is 10.2. The molecule has 0 bridgehead atoms. The largest absolute Gasteiger partial charge is 0.497 e. The molecule has 0 saturated heterocycles. The van der Waals surface area contributed by atoms with Crippen LogP contribution in [0.15, 0.2) is 24.4 Å². The Kier molecular flexibility index (Phi) is 3.38. The Morgan fingerprint density at radius 1 is 1.28 bits per heavy atom. The molecule has 0 aliphatic rings. The van der Waals surface area contributed by atoms with Crippen molar-refractivity contribution in [1.29, 1.82) is 0 Å². The number of nitrogens with two attached hydrogens (primary N) is 1. The minimum atomic E-state index is -0.899. The van der Waals surface area contributed by atoms with E-state index < -0.39 is 6.10 Å². The van der Waals surface area contributed by atoms with Crippen LogP contribution in [0.4, 0.5) is 5.82 Å². The number of ether oxygens (including phenoxy) is 2. The average Bonchev–Trinajstić information content (AvgIpc) is 2.83. The lowest BCUT2D eigenvalue weighted by Crippen LogP contribution is -2.04. The van der Waals surface area contributed by atoms with Crippen molar-refractivity contribution in [3.8, 4) is 11.5 Å². The highest BCUT2D eigenvalue weighted by Crippen LogP contribution is 2.34. The Bertz CT molecular complexity index is 539. The van der Waals surface area contributed by atoms with E-state index in [0.29, 0.717) is 28.4 Å². The highest BCUT2D eigenvalue weighted by molar-refractivity contribution is 5.49. The van der Waals surface area contributed by atoms with E-state index in [2.05, 4.69) is 10.2 Å². The molecule has 96 valence electrons. The summed E-state index contributed by atoms with van der Waals surface area (Å²) in [6.45, 7) is 0. The Hall–Kier alpha value is -2.21. The molecule has 0 radical (unpaired) electrons. The van der Waals surface area contributed by atoms with E-state index >= 15 is 0 Å². The van der Waals surface area contributed by atoms with E-state index in [-0.39, 0.29) is 0 Å². The zero-order chi connectivity index (χ0) is 13.1. The number of rotatable bonds is 4. The smallest absolute Gasteiger partial charge is 0.128 e. The molecule has 1 aromatic heterocycles. The number of aliphatic hydroxyl groups is 1. The van der Waals surface area contributed by atoms with Gasteiger partial charge in [0, 0.05) is 17.2 Å². The highest BCUT2D eigenvalue weighted by Gasteiger charge is 2.19. The highest BCUT2D eigenvalue weighted by atomic mass is 16.5. The van der Waals surface area contributed by atoms with Gasteiger partial charge in [-0.2, -0.15) is 5.10 Å². The van der Waals surface area contributed by atoms with Crippen LogP contribution in [0.5, 0.6) is 11.5 Å². The van der Waals surface area contributed by atoms with Crippen LogP contribution in [0.1, 0.15) is 17.2 Å². The Balaban J connectivity index is 2.41. The molecule has 6 heteroatoms. The van der Waals surface area contributed by atoms with E-state index in [4.69, 9.17) is 15.2 Å². The lowest BCUT2D eigenvalue weighted by Gasteiger charge is -2.15. The van der Waals surface area contributed by atoms with Crippen molar-refractivity contribution in [3.63, 3.8) is 0 Å². The number of aliphatic hydroxyl groups excluding tert-OH is 1. The number of aromatic amines is 1. The standard InChI is InChI=1S/C12H15N3O3/c1-17-7-3-4-8(10(5-7)18-2)11(16)9-6-14-15-12(9)13/h3-6,11,16H,1-2H3,(H3,13,14,15). The zero-order valence-corrected chi connectivity index (χ0v) is 10.2. The van der Waals surface area contributed by atoms with Crippen LogP contribution in [0, 0.1) is 0 Å². The van der Waals surface area contributed by atoms with Crippen molar-refractivity contribution in [1.82, 2.24) is 10.2 Å². The van der Waals surface area contributed by atoms with Gasteiger partial charge >= 0.3 is 0 Å². The monoisotopic (exact) mass is 249 g/mol. The predicted octanol–water partition coefficient (Wildman–Crippen LogP) is 1.09. The van der Waals surface area contributed by atoms with Crippen molar-refractivity contribution in [2.75, 3.05) is 20.0 Å². The maximum Gasteiger partial charge on any atom is 0.128 e. The molecule has 18 heavy (non-hydrogen) atoms. The summed E-state index contributed by atoms with van der Waals surface area (Å²) in [5.41, 5.74) is 6.80. The number of nitrogens with one attached hydrogen (secondary N) is 1. The molecule has 2 aromatic rings. The third-order valence-electron chi connectivity index (χ3n) is 2.73. The average molecular weight is 249 g/mol. The minimum Gasteiger partial charge on any atom is -0.497 e. The summed E-state index contributed by atoms with van der Waals surface area (Å²) in [5, 5.41) is 16.6. The Morgan fingerprint density at radius 2 is 2.06 bits per heavy atom. The summed E-state index contributed by atoms with van der Waals surface area (Å²) in [6, 6.07) is 5.18. The molecule has 0 amide bonds. The number of hydrogen-bond acceptors (Lipinski definition) is 5. The molecule has 0 fully saturated rings. The molecule has 1 aromatic carbocycles. The van der Waals surface area contributed by atoms with Gasteiger partial charge in [0.2, 0.25) is 0 Å². The second-order valence-corrected chi connectivity index (χ2v) is 3.75. The van der Waals surface area contributed by atoms with Crippen LogP contribution in [-0.4, -0.2) is 29.5 Å². The lowest BCUT2D eigenvalue weighted by molar-refractivity contribution is 0.215. The Morgan fingerprint density at radius 3 is 2.61 bits per heavy atom. The van der Waals surface area contributed by atoms with Crippen LogP contribution in [-0.2, 0) is 0 Å². The number of nitrogen functional groups attached to an aromatic ring is 1. The second kappa shape index (κ2) is 4.97. The third-order valence-corrected chi connectivity index (χ3v) is 2.73. The van der Waals surface area contributed by atoms with Crippen molar-refractivity contribution in [2.45, 2.75) is 6.10 Å². The minimum absolute atomic E-state index is 0.334.